The molecule has 0 fully saturated rings. The summed E-state index contributed by atoms with van der Waals surface area (Å²) in [5.41, 5.74) is 0.181. The van der Waals surface area contributed by atoms with Crippen molar-refractivity contribution in [3.8, 4) is 17.2 Å². The number of hydrogen-bond donors (Lipinski definition) is 3. The Morgan fingerprint density at radius 1 is 1.03 bits per heavy atom. The fourth-order valence-electron chi connectivity index (χ4n) is 2.91. The fraction of sp³-hybridized carbons (Fsp3) is 0.0455. The van der Waals surface area contributed by atoms with Gasteiger partial charge in [-0.3, -0.25) is 14.6 Å². The van der Waals surface area contributed by atoms with Gasteiger partial charge < -0.3 is 20.1 Å². The minimum Gasteiger partial charge on any atom is -0.506 e. The Hall–Kier alpha value is -4.13. The maximum atomic E-state index is 12.5. The van der Waals surface area contributed by atoms with Crippen molar-refractivity contribution in [3.63, 3.8) is 0 Å². The van der Waals surface area contributed by atoms with Gasteiger partial charge >= 0.3 is 0 Å². The molecule has 4 aromatic rings. The van der Waals surface area contributed by atoms with E-state index in [1.54, 1.807) is 12.1 Å². The van der Waals surface area contributed by atoms with Gasteiger partial charge in [-0.25, -0.2) is 0 Å². The average Bonchev–Trinajstić information content (AvgIpc) is 2.74. The van der Waals surface area contributed by atoms with Crippen LogP contribution in [0, 0.1) is 0 Å². The van der Waals surface area contributed by atoms with E-state index in [9.17, 15) is 14.7 Å². The van der Waals surface area contributed by atoms with Crippen molar-refractivity contribution in [1.29, 1.82) is 0 Å². The SMILES string of the molecule is O=C(NCc1ccc(Oc2ccccc2)cc1)c1c(O)c2ccncc2[nH]c1=O. The molecule has 0 saturated heterocycles. The number of H-pyrrole nitrogens is 1. The van der Waals surface area contributed by atoms with Gasteiger partial charge in [-0.1, -0.05) is 30.3 Å². The average molecular weight is 387 g/mol. The molecule has 0 aliphatic carbocycles. The summed E-state index contributed by atoms with van der Waals surface area (Å²) in [6.07, 6.45) is 2.89. The highest BCUT2D eigenvalue weighted by Crippen LogP contribution is 2.24. The number of aromatic amines is 1. The van der Waals surface area contributed by atoms with E-state index >= 15 is 0 Å². The number of benzene rings is 2. The highest BCUT2D eigenvalue weighted by atomic mass is 16.5. The first kappa shape index (κ1) is 18.2. The molecule has 0 saturated carbocycles. The number of hydrogen-bond acceptors (Lipinski definition) is 5. The van der Waals surface area contributed by atoms with Crippen molar-refractivity contribution in [2.24, 2.45) is 0 Å². The van der Waals surface area contributed by atoms with Crippen LogP contribution in [0.3, 0.4) is 0 Å². The van der Waals surface area contributed by atoms with E-state index in [1.165, 1.54) is 18.5 Å². The smallest absolute Gasteiger partial charge is 0.265 e. The molecule has 7 nitrogen and oxygen atoms in total. The van der Waals surface area contributed by atoms with Gasteiger partial charge in [0.2, 0.25) is 0 Å². The number of para-hydroxylation sites is 1. The van der Waals surface area contributed by atoms with Gasteiger partial charge in [0, 0.05) is 18.1 Å². The first-order chi connectivity index (χ1) is 14.1. The normalized spacial score (nSPS) is 10.6. The number of pyridine rings is 2. The molecular formula is C22H17N3O4. The van der Waals surface area contributed by atoms with Gasteiger partial charge in [0.15, 0.2) is 0 Å². The second-order valence-corrected chi connectivity index (χ2v) is 6.34. The van der Waals surface area contributed by atoms with Crippen molar-refractivity contribution in [2.45, 2.75) is 6.54 Å². The summed E-state index contributed by atoms with van der Waals surface area (Å²) in [6, 6.07) is 18.2. The predicted octanol–water partition coefficient (Wildman–Crippen LogP) is 3.35. The summed E-state index contributed by atoms with van der Waals surface area (Å²) >= 11 is 0. The molecule has 2 heterocycles. The Morgan fingerprint density at radius 3 is 2.52 bits per heavy atom. The number of nitrogens with zero attached hydrogens (tertiary/aromatic N) is 1. The lowest BCUT2D eigenvalue weighted by atomic mass is 10.1. The van der Waals surface area contributed by atoms with Crippen LogP contribution in [0.25, 0.3) is 10.9 Å². The number of nitrogens with one attached hydrogen (secondary N) is 2. The molecule has 0 bridgehead atoms. The molecule has 3 N–H and O–H groups in total. The maximum absolute atomic E-state index is 12.5. The third kappa shape index (κ3) is 3.93. The predicted molar refractivity (Wildman–Crippen MR) is 108 cm³/mol. The lowest BCUT2D eigenvalue weighted by molar-refractivity contribution is 0.0947. The van der Waals surface area contributed by atoms with Crippen LogP contribution in [0.2, 0.25) is 0 Å². The molecule has 4 rings (SSSR count). The molecule has 2 aromatic heterocycles. The highest BCUT2D eigenvalue weighted by molar-refractivity contribution is 6.01. The monoisotopic (exact) mass is 387 g/mol. The quantitative estimate of drug-likeness (QED) is 0.487. The third-order valence-electron chi connectivity index (χ3n) is 4.37. The summed E-state index contributed by atoms with van der Waals surface area (Å²) in [5.74, 6) is 0.376. The fourth-order valence-corrected chi connectivity index (χ4v) is 2.91. The Labute approximate surface area is 165 Å². The zero-order valence-electron chi connectivity index (χ0n) is 15.3. The number of amides is 1. The molecule has 29 heavy (non-hydrogen) atoms. The molecule has 0 aliphatic rings. The van der Waals surface area contributed by atoms with E-state index in [0.717, 1.165) is 11.3 Å². The van der Waals surface area contributed by atoms with Crippen molar-refractivity contribution in [1.82, 2.24) is 15.3 Å². The van der Waals surface area contributed by atoms with Crippen LogP contribution in [0.1, 0.15) is 15.9 Å². The summed E-state index contributed by atoms with van der Waals surface area (Å²) in [6.45, 7) is 0.192. The van der Waals surface area contributed by atoms with Crippen molar-refractivity contribution >= 4 is 16.8 Å². The first-order valence-electron chi connectivity index (χ1n) is 8.91. The standard InChI is InChI=1S/C22H17N3O4/c26-20-17-10-11-23-13-18(17)25-22(28)19(20)21(27)24-12-14-6-8-16(9-7-14)29-15-4-2-1-3-5-15/h1-11,13H,12H2,(H,24,27)(H2,25,26,28). The van der Waals surface area contributed by atoms with Crippen LogP contribution in [0.15, 0.2) is 77.9 Å². The molecule has 7 heteroatoms. The number of fused-ring (bicyclic) bond motifs is 1. The molecule has 0 unspecified atom stereocenters. The van der Waals surface area contributed by atoms with Gasteiger partial charge in [0.05, 0.1) is 11.7 Å². The molecule has 144 valence electrons. The molecular weight excluding hydrogens is 370 g/mol. The summed E-state index contributed by atoms with van der Waals surface area (Å²) in [7, 11) is 0. The van der Waals surface area contributed by atoms with E-state index in [4.69, 9.17) is 4.74 Å². The van der Waals surface area contributed by atoms with Crippen molar-refractivity contribution < 1.29 is 14.6 Å². The van der Waals surface area contributed by atoms with Crippen LogP contribution < -0.4 is 15.6 Å². The Kier molecular flexibility index (Phi) is 4.94. The summed E-state index contributed by atoms with van der Waals surface area (Å²) in [5, 5.41) is 13.4. The lowest BCUT2D eigenvalue weighted by Gasteiger charge is -2.09. The van der Waals surface area contributed by atoms with Gasteiger partial charge in [0.25, 0.3) is 11.5 Å². The Balaban J connectivity index is 1.46. The number of carbonyl (C=O) groups is 1. The van der Waals surface area contributed by atoms with E-state index < -0.39 is 11.5 Å². The summed E-state index contributed by atoms with van der Waals surface area (Å²) in [4.78, 5) is 31.1. The molecule has 0 atom stereocenters. The second-order valence-electron chi connectivity index (χ2n) is 6.34. The molecule has 0 radical (unpaired) electrons. The Bertz CT molecular complexity index is 1220. The van der Waals surface area contributed by atoms with Gasteiger partial charge in [-0.2, -0.15) is 0 Å². The maximum Gasteiger partial charge on any atom is 0.265 e. The number of aromatic nitrogens is 2. The molecule has 1 amide bonds. The van der Waals surface area contributed by atoms with Crippen LogP contribution in [-0.2, 0) is 6.54 Å². The number of ether oxygens (including phenoxy) is 1. The minimum absolute atomic E-state index is 0.192. The summed E-state index contributed by atoms with van der Waals surface area (Å²) < 4.78 is 5.73. The van der Waals surface area contributed by atoms with Crippen molar-refractivity contribution in [3.05, 3.63) is 94.5 Å². The van der Waals surface area contributed by atoms with E-state index in [-0.39, 0.29) is 17.9 Å². The van der Waals surface area contributed by atoms with Gasteiger partial charge in [-0.15, -0.1) is 0 Å². The zero-order chi connectivity index (χ0) is 20.2. The van der Waals surface area contributed by atoms with Gasteiger partial charge in [-0.05, 0) is 35.9 Å². The zero-order valence-corrected chi connectivity index (χ0v) is 15.3. The lowest BCUT2D eigenvalue weighted by Crippen LogP contribution is -2.29. The third-order valence-corrected chi connectivity index (χ3v) is 4.37. The molecule has 2 aromatic carbocycles. The van der Waals surface area contributed by atoms with E-state index in [1.807, 2.05) is 42.5 Å². The van der Waals surface area contributed by atoms with E-state index in [2.05, 4.69) is 15.3 Å². The highest BCUT2D eigenvalue weighted by Gasteiger charge is 2.18. The Morgan fingerprint density at radius 2 is 1.76 bits per heavy atom. The van der Waals surface area contributed by atoms with Crippen LogP contribution in [0.5, 0.6) is 17.2 Å². The topological polar surface area (TPSA) is 104 Å². The second kappa shape index (κ2) is 7.85. The van der Waals surface area contributed by atoms with Crippen LogP contribution in [0.4, 0.5) is 0 Å². The van der Waals surface area contributed by atoms with E-state index in [0.29, 0.717) is 16.7 Å². The number of rotatable bonds is 5. The van der Waals surface area contributed by atoms with Crippen LogP contribution in [-0.4, -0.2) is 21.0 Å². The van der Waals surface area contributed by atoms with Crippen molar-refractivity contribution in [2.75, 3.05) is 0 Å². The van der Waals surface area contributed by atoms with Crippen LogP contribution >= 0.6 is 0 Å². The molecule has 0 aliphatic heterocycles. The minimum atomic E-state index is -0.674. The molecule has 0 spiro atoms. The number of carbonyl (C=O) groups excluding carboxylic acids is 1. The number of aromatic hydroxyl groups is 1. The first-order valence-corrected chi connectivity index (χ1v) is 8.91. The largest absolute Gasteiger partial charge is 0.506 e. The van der Waals surface area contributed by atoms with Gasteiger partial charge in [0.1, 0.15) is 22.8 Å².